The highest BCUT2D eigenvalue weighted by molar-refractivity contribution is 5.88. The molecule has 0 saturated heterocycles. The van der Waals surface area contributed by atoms with Crippen LogP contribution in [0.25, 0.3) is 11.4 Å². The van der Waals surface area contributed by atoms with E-state index in [-0.39, 0.29) is 17.1 Å². The molecular weight excluding hydrogens is 276 g/mol. The minimum absolute atomic E-state index is 0.149. The molecule has 0 fully saturated rings. The standard InChI is InChI=1S/C14H14N2O5/c1-7-11(14(18)19)13(17)16-12(15-7)8-4-5-9(20-2)10(6-8)21-3/h4-6H,1-3H3,(H,18,19)(H,15,16,17). The number of hydrogen-bond donors (Lipinski definition) is 2. The molecule has 7 heteroatoms. The molecule has 2 rings (SSSR count). The van der Waals surface area contributed by atoms with Crippen LogP contribution in [0.2, 0.25) is 0 Å². The molecule has 21 heavy (non-hydrogen) atoms. The number of aromatic carboxylic acids is 1. The number of aromatic nitrogens is 2. The first-order chi connectivity index (χ1) is 9.97. The molecule has 0 aliphatic carbocycles. The van der Waals surface area contributed by atoms with Gasteiger partial charge in [-0.2, -0.15) is 0 Å². The van der Waals surface area contributed by atoms with E-state index in [1.165, 1.54) is 21.1 Å². The van der Waals surface area contributed by atoms with Crippen molar-refractivity contribution in [3.05, 3.63) is 39.8 Å². The predicted molar refractivity (Wildman–Crippen MR) is 75.1 cm³/mol. The number of H-pyrrole nitrogens is 1. The van der Waals surface area contributed by atoms with E-state index in [1.807, 2.05) is 0 Å². The van der Waals surface area contributed by atoms with Crippen molar-refractivity contribution >= 4 is 5.97 Å². The molecule has 0 spiro atoms. The summed E-state index contributed by atoms with van der Waals surface area (Å²) in [6.07, 6.45) is 0. The Balaban J connectivity index is 2.58. The number of nitrogens with zero attached hydrogens (tertiary/aromatic N) is 1. The number of nitrogens with one attached hydrogen (secondary N) is 1. The maximum absolute atomic E-state index is 11.8. The summed E-state index contributed by atoms with van der Waals surface area (Å²) < 4.78 is 10.3. The number of aryl methyl sites for hydroxylation is 1. The van der Waals surface area contributed by atoms with Gasteiger partial charge in [0.1, 0.15) is 11.4 Å². The van der Waals surface area contributed by atoms with Crippen molar-refractivity contribution < 1.29 is 19.4 Å². The first-order valence-electron chi connectivity index (χ1n) is 6.04. The van der Waals surface area contributed by atoms with Gasteiger partial charge in [-0.25, -0.2) is 9.78 Å². The summed E-state index contributed by atoms with van der Waals surface area (Å²) in [7, 11) is 3.01. The number of carboxylic acid groups (broad SMARTS) is 1. The molecule has 0 amide bonds. The van der Waals surface area contributed by atoms with Crippen LogP contribution in [0.15, 0.2) is 23.0 Å². The van der Waals surface area contributed by atoms with Crippen molar-refractivity contribution in [1.82, 2.24) is 9.97 Å². The van der Waals surface area contributed by atoms with E-state index < -0.39 is 11.5 Å². The lowest BCUT2D eigenvalue weighted by molar-refractivity contribution is 0.0693. The van der Waals surface area contributed by atoms with E-state index in [4.69, 9.17) is 14.6 Å². The lowest BCUT2D eigenvalue weighted by Crippen LogP contribution is -2.21. The number of hydrogen-bond acceptors (Lipinski definition) is 5. The Labute approximate surface area is 120 Å². The van der Waals surface area contributed by atoms with Gasteiger partial charge in [-0.15, -0.1) is 0 Å². The summed E-state index contributed by atoms with van der Waals surface area (Å²) in [5, 5.41) is 8.96. The molecule has 0 bridgehead atoms. The summed E-state index contributed by atoms with van der Waals surface area (Å²) in [4.78, 5) is 29.4. The van der Waals surface area contributed by atoms with Gasteiger partial charge in [-0.1, -0.05) is 0 Å². The molecule has 2 N–H and O–H groups in total. The SMILES string of the molecule is COc1ccc(-c2nc(C)c(C(=O)O)c(=O)[nH]2)cc1OC. The van der Waals surface area contributed by atoms with Crippen molar-refractivity contribution in [3.63, 3.8) is 0 Å². The van der Waals surface area contributed by atoms with E-state index >= 15 is 0 Å². The number of ether oxygens (including phenoxy) is 2. The molecule has 1 heterocycles. The Hall–Kier alpha value is -2.83. The first kappa shape index (κ1) is 14.6. The molecule has 1 aromatic heterocycles. The van der Waals surface area contributed by atoms with Crippen molar-refractivity contribution in [2.24, 2.45) is 0 Å². The number of carboxylic acids is 1. The third-order valence-electron chi connectivity index (χ3n) is 2.97. The van der Waals surface area contributed by atoms with E-state index in [0.717, 1.165) is 0 Å². The van der Waals surface area contributed by atoms with Crippen molar-refractivity contribution in [1.29, 1.82) is 0 Å². The van der Waals surface area contributed by atoms with Crippen molar-refractivity contribution in [2.45, 2.75) is 6.92 Å². The Bertz CT molecular complexity index is 752. The van der Waals surface area contributed by atoms with Crippen LogP contribution < -0.4 is 15.0 Å². The smallest absolute Gasteiger partial charge is 0.343 e. The summed E-state index contributed by atoms with van der Waals surface area (Å²) in [5.41, 5.74) is -0.320. The average Bonchev–Trinajstić information content (AvgIpc) is 2.45. The van der Waals surface area contributed by atoms with Crippen LogP contribution >= 0.6 is 0 Å². The molecule has 7 nitrogen and oxygen atoms in total. The Morgan fingerprint density at radius 1 is 1.24 bits per heavy atom. The number of carbonyl (C=O) groups is 1. The lowest BCUT2D eigenvalue weighted by Gasteiger charge is -2.10. The molecule has 0 aliphatic rings. The van der Waals surface area contributed by atoms with E-state index in [1.54, 1.807) is 18.2 Å². The van der Waals surface area contributed by atoms with Gasteiger partial charge < -0.3 is 19.6 Å². The second-order valence-electron chi connectivity index (χ2n) is 4.25. The van der Waals surface area contributed by atoms with Gasteiger partial charge in [0.2, 0.25) is 0 Å². The molecule has 0 unspecified atom stereocenters. The number of benzene rings is 1. The first-order valence-corrected chi connectivity index (χ1v) is 6.04. The second kappa shape index (κ2) is 5.66. The molecule has 2 aromatic rings. The molecule has 0 aliphatic heterocycles. The largest absolute Gasteiger partial charge is 0.493 e. The summed E-state index contributed by atoms with van der Waals surface area (Å²) in [5.74, 6) is -0.0105. The van der Waals surface area contributed by atoms with Gasteiger partial charge in [0.25, 0.3) is 5.56 Å². The third-order valence-corrected chi connectivity index (χ3v) is 2.97. The predicted octanol–water partition coefficient (Wildman–Crippen LogP) is 1.46. The van der Waals surface area contributed by atoms with Crippen molar-refractivity contribution in [2.75, 3.05) is 14.2 Å². The zero-order valence-corrected chi connectivity index (χ0v) is 11.8. The highest BCUT2D eigenvalue weighted by Gasteiger charge is 2.16. The van der Waals surface area contributed by atoms with Crippen LogP contribution in [0.4, 0.5) is 0 Å². The minimum Gasteiger partial charge on any atom is -0.493 e. The van der Waals surface area contributed by atoms with Crippen molar-refractivity contribution in [3.8, 4) is 22.9 Å². The lowest BCUT2D eigenvalue weighted by atomic mass is 10.1. The highest BCUT2D eigenvalue weighted by Crippen LogP contribution is 2.30. The molecule has 0 radical (unpaired) electrons. The molecule has 0 saturated carbocycles. The zero-order valence-electron chi connectivity index (χ0n) is 11.8. The molecule has 110 valence electrons. The van der Waals surface area contributed by atoms with E-state index in [0.29, 0.717) is 17.1 Å². The maximum atomic E-state index is 11.8. The van der Waals surface area contributed by atoms with Gasteiger partial charge in [0.05, 0.1) is 19.9 Å². The average molecular weight is 290 g/mol. The van der Waals surface area contributed by atoms with E-state index in [2.05, 4.69) is 9.97 Å². The van der Waals surface area contributed by atoms with Gasteiger partial charge in [0, 0.05) is 5.56 Å². The van der Waals surface area contributed by atoms with Crippen LogP contribution in [0.1, 0.15) is 16.1 Å². The van der Waals surface area contributed by atoms with Gasteiger partial charge in [-0.05, 0) is 25.1 Å². The molecular formula is C14H14N2O5. The number of rotatable bonds is 4. The topological polar surface area (TPSA) is 102 Å². The Morgan fingerprint density at radius 3 is 2.43 bits per heavy atom. The van der Waals surface area contributed by atoms with Crippen LogP contribution in [-0.2, 0) is 0 Å². The minimum atomic E-state index is -1.31. The second-order valence-corrected chi connectivity index (χ2v) is 4.25. The summed E-state index contributed by atoms with van der Waals surface area (Å²) in [6, 6.07) is 5.02. The summed E-state index contributed by atoms with van der Waals surface area (Å²) in [6.45, 7) is 1.48. The van der Waals surface area contributed by atoms with E-state index in [9.17, 15) is 9.59 Å². The monoisotopic (exact) mass is 290 g/mol. The fourth-order valence-corrected chi connectivity index (χ4v) is 1.96. The number of methoxy groups -OCH3 is 2. The van der Waals surface area contributed by atoms with Crippen LogP contribution in [0, 0.1) is 6.92 Å². The summed E-state index contributed by atoms with van der Waals surface area (Å²) >= 11 is 0. The van der Waals surface area contributed by atoms with Gasteiger partial charge in [0.15, 0.2) is 11.5 Å². The third kappa shape index (κ3) is 2.71. The number of aromatic amines is 1. The van der Waals surface area contributed by atoms with Crippen LogP contribution in [0.5, 0.6) is 11.5 Å². The Kier molecular flexibility index (Phi) is 3.93. The quantitative estimate of drug-likeness (QED) is 0.884. The van der Waals surface area contributed by atoms with Crippen LogP contribution in [0.3, 0.4) is 0 Å². The van der Waals surface area contributed by atoms with Crippen LogP contribution in [-0.4, -0.2) is 35.3 Å². The zero-order chi connectivity index (χ0) is 15.6. The fourth-order valence-electron chi connectivity index (χ4n) is 1.96. The molecule has 0 atom stereocenters. The fraction of sp³-hybridized carbons (Fsp3) is 0.214. The van der Waals surface area contributed by atoms with Gasteiger partial charge >= 0.3 is 5.97 Å². The Morgan fingerprint density at radius 2 is 1.90 bits per heavy atom. The maximum Gasteiger partial charge on any atom is 0.343 e. The highest BCUT2D eigenvalue weighted by atomic mass is 16.5. The van der Waals surface area contributed by atoms with Gasteiger partial charge in [-0.3, -0.25) is 4.79 Å². The normalized spacial score (nSPS) is 10.2. The molecule has 1 aromatic carbocycles.